The molecule has 0 heterocycles. The molecule has 0 aliphatic rings. The molecule has 0 unspecified atom stereocenters. The Kier molecular flexibility index (Phi) is 12.0. The van der Waals surface area contributed by atoms with Gasteiger partial charge in [0.2, 0.25) is 0 Å². The van der Waals surface area contributed by atoms with Gasteiger partial charge in [-0.15, -0.1) is 0 Å². The van der Waals surface area contributed by atoms with Crippen molar-refractivity contribution in [2.75, 3.05) is 14.2 Å². The zero-order chi connectivity index (χ0) is 32.4. The first-order chi connectivity index (χ1) is 20.9. The summed E-state index contributed by atoms with van der Waals surface area (Å²) in [5.41, 5.74) is 0.670. The highest BCUT2D eigenvalue weighted by Crippen LogP contribution is 2.39. The van der Waals surface area contributed by atoms with E-state index in [1.807, 2.05) is 50.2 Å². The Morgan fingerprint density at radius 3 is 1.73 bits per heavy atom. The van der Waals surface area contributed by atoms with Gasteiger partial charge in [0.1, 0.15) is 30.3 Å². The Morgan fingerprint density at radius 1 is 0.773 bits per heavy atom. The van der Waals surface area contributed by atoms with Gasteiger partial charge in [-0.3, -0.25) is 9.59 Å². The van der Waals surface area contributed by atoms with Gasteiger partial charge in [0.05, 0.1) is 24.8 Å². The maximum Gasteiger partial charge on any atom is 0.417 e. The molecular formula is C34H40ClNO8. The lowest BCUT2D eigenvalue weighted by Crippen LogP contribution is -2.49. The summed E-state index contributed by atoms with van der Waals surface area (Å²) in [7, 11) is 3.17. The Hall–Kier alpha value is -4.24. The molecule has 3 aromatic rings. The second-order valence-corrected chi connectivity index (χ2v) is 11.4. The number of ether oxygens (including phenoxy) is 5. The number of carbonyl (C=O) groups excluding carboxylic acids is 3. The van der Waals surface area contributed by atoms with Crippen molar-refractivity contribution in [3.05, 3.63) is 82.4 Å². The largest absolute Gasteiger partial charge is 0.497 e. The first-order valence-corrected chi connectivity index (χ1v) is 14.7. The van der Waals surface area contributed by atoms with E-state index in [1.165, 1.54) is 12.1 Å². The number of Topliss-reactive ketones (excluding diaryl/α,β-unsaturated/α-hetero) is 1. The zero-order valence-electron chi connectivity index (χ0n) is 26.3. The molecule has 0 aliphatic carbocycles. The van der Waals surface area contributed by atoms with Crippen LogP contribution in [0.4, 0.5) is 4.79 Å². The Balaban J connectivity index is 1.97. The standard InChI is InChI=1S/C34H40ClNO8/c1-8-24(9-2)36(33(39)44-34(3,4)5)32(38)30(37)27-18-19-28(42-20-22-10-14-25(40-6)15-11-22)31(29(27)35)43-21-23-12-16-26(41-7)17-13-23/h10-19,24H,8-9,20-21H2,1-7H3. The summed E-state index contributed by atoms with van der Waals surface area (Å²) in [5, 5.41) is -0.113. The number of hydrogen-bond acceptors (Lipinski definition) is 8. The maximum atomic E-state index is 13.7. The number of nitrogens with zero attached hydrogens (tertiary/aromatic N) is 1. The van der Waals surface area contributed by atoms with Gasteiger partial charge >= 0.3 is 12.0 Å². The highest BCUT2D eigenvalue weighted by Gasteiger charge is 2.37. The van der Waals surface area contributed by atoms with E-state index in [0.29, 0.717) is 24.3 Å². The molecule has 10 heteroatoms. The van der Waals surface area contributed by atoms with Crippen molar-refractivity contribution in [2.24, 2.45) is 0 Å². The molecule has 236 valence electrons. The number of carbonyl (C=O) groups is 3. The second-order valence-electron chi connectivity index (χ2n) is 11.0. The summed E-state index contributed by atoms with van der Waals surface area (Å²) in [6.45, 7) is 8.99. The minimum atomic E-state index is -1.04. The number of ketones is 1. The molecule has 2 amide bonds. The van der Waals surface area contributed by atoms with Gasteiger partial charge in [-0.05, 0) is 81.1 Å². The van der Waals surface area contributed by atoms with Crippen molar-refractivity contribution < 1.29 is 38.1 Å². The summed E-state index contributed by atoms with van der Waals surface area (Å²) in [5.74, 6) is -0.255. The van der Waals surface area contributed by atoms with Gasteiger partial charge in [-0.2, -0.15) is 0 Å². The topological polar surface area (TPSA) is 101 Å². The fourth-order valence-corrected chi connectivity index (χ4v) is 4.61. The van der Waals surface area contributed by atoms with Gasteiger partial charge < -0.3 is 23.7 Å². The predicted octanol–water partition coefficient (Wildman–Crippen LogP) is 7.65. The average molecular weight is 626 g/mol. The van der Waals surface area contributed by atoms with Crippen LogP contribution in [0.1, 0.15) is 68.9 Å². The van der Waals surface area contributed by atoms with Crippen molar-refractivity contribution >= 4 is 29.4 Å². The van der Waals surface area contributed by atoms with E-state index in [2.05, 4.69) is 0 Å². The predicted molar refractivity (Wildman–Crippen MR) is 168 cm³/mol. The quantitative estimate of drug-likeness (QED) is 0.141. The van der Waals surface area contributed by atoms with Crippen LogP contribution in [0.2, 0.25) is 5.02 Å². The summed E-state index contributed by atoms with van der Waals surface area (Å²) in [6.07, 6.45) is -0.00985. The van der Waals surface area contributed by atoms with Crippen LogP contribution in [0.15, 0.2) is 60.7 Å². The molecule has 0 aromatic heterocycles. The van der Waals surface area contributed by atoms with E-state index in [-0.39, 0.29) is 35.3 Å². The SMILES string of the molecule is CCC(CC)N(C(=O)OC(C)(C)C)C(=O)C(=O)c1ccc(OCc2ccc(OC)cc2)c(OCc2ccc(OC)cc2)c1Cl. The molecule has 0 saturated heterocycles. The van der Waals surface area contributed by atoms with Gasteiger partial charge in [-0.25, -0.2) is 9.69 Å². The molecule has 0 atom stereocenters. The van der Waals surface area contributed by atoms with E-state index in [1.54, 1.807) is 47.1 Å². The summed E-state index contributed by atoms with van der Waals surface area (Å²) < 4.78 is 28.1. The molecule has 0 aliphatic heterocycles. The minimum absolute atomic E-state index is 0.0843. The fourth-order valence-electron chi connectivity index (χ4n) is 4.31. The summed E-state index contributed by atoms with van der Waals surface area (Å²) >= 11 is 6.78. The zero-order valence-corrected chi connectivity index (χ0v) is 27.0. The Morgan fingerprint density at radius 2 is 1.27 bits per heavy atom. The Labute approximate surface area is 264 Å². The van der Waals surface area contributed by atoms with Crippen LogP contribution in [0.3, 0.4) is 0 Å². The lowest BCUT2D eigenvalue weighted by molar-refractivity contribution is -0.128. The molecular weight excluding hydrogens is 586 g/mol. The molecule has 0 fully saturated rings. The number of imide groups is 1. The molecule has 9 nitrogen and oxygen atoms in total. The highest BCUT2D eigenvalue weighted by molar-refractivity contribution is 6.48. The number of methoxy groups -OCH3 is 2. The second kappa shape index (κ2) is 15.5. The lowest BCUT2D eigenvalue weighted by Gasteiger charge is -2.30. The first kappa shape index (κ1) is 34.3. The molecule has 3 aromatic carbocycles. The van der Waals surface area contributed by atoms with Crippen LogP contribution >= 0.6 is 11.6 Å². The van der Waals surface area contributed by atoms with Crippen molar-refractivity contribution in [3.8, 4) is 23.0 Å². The van der Waals surface area contributed by atoms with E-state index in [9.17, 15) is 14.4 Å². The Bertz CT molecular complexity index is 1430. The van der Waals surface area contributed by atoms with E-state index in [0.717, 1.165) is 16.0 Å². The molecule has 0 spiro atoms. The van der Waals surface area contributed by atoms with Crippen LogP contribution in [0, 0.1) is 0 Å². The van der Waals surface area contributed by atoms with E-state index >= 15 is 0 Å². The third kappa shape index (κ3) is 8.89. The van der Waals surface area contributed by atoms with Crippen molar-refractivity contribution in [2.45, 2.75) is 72.3 Å². The maximum absolute atomic E-state index is 13.7. The van der Waals surface area contributed by atoms with Crippen LogP contribution in [-0.4, -0.2) is 48.5 Å². The smallest absolute Gasteiger partial charge is 0.417 e. The van der Waals surface area contributed by atoms with Gasteiger partial charge in [0.15, 0.2) is 11.5 Å². The molecule has 0 saturated carbocycles. The highest BCUT2D eigenvalue weighted by atomic mass is 35.5. The number of amides is 2. The number of halogens is 1. The van der Waals surface area contributed by atoms with E-state index in [4.69, 9.17) is 35.3 Å². The number of hydrogen-bond donors (Lipinski definition) is 0. The number of benzene rings is 3. The van der Waals surface area contributed by atoms with Crippen molar-refractivity contribution in [1.29, 1.82) is 0 Å². The first-order valence-electron chi connectivity index (χ1n) is 14.4. The molecule has 0 bridgehead atoms. The third-order valence-electron chi connectivity index (χ3n) is 6.71. The number of rotatable bonds is 13. The third-order valence-corrected chi connectivity index (χ3v) is 7.09. The van der Waals surface area contributed by atoms with Gasteiger partial charge in [0.25, 0.3) is 5.78 Å². The van der Waals surface area contributed by atoms with Crippen LogP contribution in [-0.2, 0) is 22.7 Å². The minimum Gasteiger partial charge on any atom is -0.497 e. The summed E-state index contributed by atoms with van der Waals surface area (Å²) in [4.78, 5) is 41.2. The average Bonchev–Trinajstić information content (AvgIpc) is 3.01. The van der Waals surface area contributed by atoms with E-state index < -0.39 is 29.4 Å². The fraction of sp³-hybridized carbons (Fsp3) is 0.382. The molecule has 3 rings (SSSR count). The van der Waals surface area contributed by atoms with Crippen LogP contribution in [0.25, 0.3) is 0 Å². The summed E-state index contributed by atoms with van der Waals surface area (Å²) in [6, 6.07) is 17.0. The molecule has 0 radical (unpaired) electrons. The van der Waals surface area contributed by atoms with Gasteiger partial charge in [0, 0.05) is 6.04 Å². The van der Waals surface area contributed by atoms with Crippen LogP contribution < -0.4 is 18.9 Å². The monoisotopic (exact) mass is 625 g/mol. The molecule has 44 heavy (non-hydrogen) atoms. The normalized spacial score (nSPS) is 11.1. The van der Waals surface area contributed by atoms with Crippen LogP contribution in [0.5, 0.6) is 23.0 Å². The van der Waals surface area contributed by atoms with Crippen molar-refractivity contribution in [3.63, 3.8) is 0 Å². The lowest BCUT2D eigenvalue weighted by atomic mass is 10.1. The molecule has 0 N–H and O–H groups in total. The van der Waals surface area contributed by atoms with Gasteiger partial charge in [-0.1, -0.05) is 49.7 Å². The van der Waals surface area contributed by atoms with Crippen molar-refractivity contribution in [1.82, 2.24) is 4.90 Å².